The normalized spacial score (nSPS) is 39.7. The number of pyridine rings is 1. The molecule has 8 rings (SSSR count). The van der Waals surface area contributed by atoms with E-state index in [1.165, 1.54) is 23.4 Å². The Morgan fingerprint density at radius 1 is 1.02 bits per heavy atom. The molecule has 0 amide bonds. The van der Waals surface area contributed by atoms with Crippen molar-refractivity contribution in [3.63, 3.8) is 0 Å². The molecule has 24 heteroatoms. The number of nitrogens with zero attached hydrogens (tertiary/aromatic N) is 6. The highest BCUT2D eigenvalue weighted by molar-refractivity contribution is 8.07. The first-order valence-electron chi connectivity index (χ1n) is 13.6. The second kappa shape index (κ2) is 10.9. The molecule has 4 aromatic heterocycles. The average Bonchev–Trinajstić information content (AvgIpc) is 3.80. The van der Waals surface area contributed by atoms with Crippen molar-refractivity contribution in [1.29, 1.82) is 0 Å². The van der Waals surface area contributed by atoms with Crippen molar-refractivity contribution >= 4 is 82.8 Å². The predicted molar refractivity (Wildman–Crippen MR) is 168 cm³/mol. The molecule has 19 nitrogen and oxygen atoms in total. The number of rotatable bonds is 2. The number of hydrogen-bond acceptors (Lipinski definition) is 17. The van der Waals surface area contributed by atoms with E-state index in [1.54, 1.807) is 10.6 Å². The molecule has 0 spiro atoms. The fraction of sp³-hybridized carbons (Fsp3) is 0.500. The average molecular weight is 734 g/mol. The third-order valence-electron chi connectivity index (χ3n) is 8.15. The van der Waals surface area contributed by atoms with Crippen LogP contribution in [0.1, 0.15) is 11.6 Å². The lowest BCUT2D eigenvalue weighted by Crippen LogP contribution is -2.45. The topological polar surface area (TPSA) is 262 Å². The maximum Gasteiger partial charge on any atom is 0.325 e. The molecular weight excluding hydrogens is 708 g/mol. The Kier molecular flexibility index (Phi) is 7.41. The number of aliphatic hydroxyl groups excluding tert-OH is 1. The first-order valence-corrected chi connectivity index (χ1v) is 19.7. The lowest BCUT2D eigenvalue weighted by Gasteiger charge is -2.33. The van der Waals surface area contributed by atoms with Crippen LogP contribution in [0.25, 0.3) is 22.3 Å². The van der Waals surface area contributed by atoms with E-state index in [0.29, 0.717) is 16.9 Å². The highest BCUT2D eigenvalue weighted by Crippen LogP contribution is 2.59. The molecule has 2 unspecified atom stereocenters. The number of aliphatic hydroxyl groups is 1. The number of ether oxygens (including phenoxy) is 2. The summed E-state index contributed by atoms with van der Waals surface area (Å²) in [5.41, 5.74) is 11.2. The summed E-state index contributed by atoms with van der Waals surface area (Å²) in [7, 11) is 0. The molecule has 0 radical (unpaired) electrons. The van der Waals surface area contributed by atoms with Gasteiger partial charge in [-0.1, -0.05) is 0 Å². The number of hydrogen-bond donors (Lipinski definition) is 6. The fourth-order valence-corrected chi connectivity index (χ4v) is 10.6. The van der Waals surface area contributed by atoms with Crippen molar-refractivity contribution in [2.45, 2.75) is 46.9 Å². The number of nitrogens with two attached hydrogens (primary N) is 2. The number of thioether (sulfide) groups is 1. The number of nitrogens with one attached hydrogen (secondary N) is 1. The summed E-state index contributed by atoms with van der Waals surface area (Å²) in [5, 5.41) is 9.71. The number of anilines is 2. The highest BCUT2D eigenvalue weighted by Gasteiger charge is 2.65. The van der Waals surface area contributed by atoms with Crippen molar-refractivity contribution in [2.24, 2.45) is 0 Å². The quantitative estimate of drug-likeness (QED) is 0.143. The van der Waals surface area contributed by atoms with E-state index in [2.05, 4.69) is 24.9 Å². The van der Waals surface area contributed by atoms with Crippen LogP contribution in [-0.2, 0) is 51.2 Å². The van der Waals surface area contributed by atoms with Gasteiger partial charge in [0.2, 0.25) is 5.95 Å². The molecule has 4 bridgehead atoms. The van der Waals surface area contributed by atoms with Crippen LogP contribution in [0, 0.1) is 0 Å². The Bertz CT molecular complexity index is 2030. The molecule has 246 valence electrons. The minimum absolute atomic E-state index is 0.00601. The summed E-state index contributed by atoms with van der Waals surface area (Å²) in [6.07, 6.45) is -0.968. The van der Waals surface area contributed by atoms with Gasteiger partial charge in [-0.2, -0.15) is 4.98 Å². The van der Waals surface area contributed by atoms with Crippen LogP contribution < -0.4 is 17.0 Å². The minimum atomic E-state index is -4.14. The largest absolute Gasteiger partial charge is 0.397 e. The molecule has 8 N–H and O–H groups in total. The van der Waals surface area contributed by atoms with Crippen LogP contribution in [0.5, 0.6) is 0 Å². The van der Waals surface area contributed by atoms with Crippen molar-refractivity contribution in [3.05, 3.63) is 35.3 Å². The van der Waals surface area contributed by atoms with Crippen molar-refractivity contribution in [2.75, 3.05) is 31.3 Å². The van der Waals surface area contributed by atoms with Crippen LogP contribution in [0.3, 0.4) is 0 Å². The lowest BCUT2D eigenvalue weighted by molar-refractivity contribution is -0.183. The maximum atomic E-state index is 12.4. The van der Waals surface area contributed by atoms with E-state index >= 15 is 0 Å². The van der Waals surface area contributed by atoms with Crippen LogP contribution in [0.2, 0.25) is 0 Å². The van der Waals surface area contributed by atoms with Crippen molar-refractivity contribution in [3.8, 4) is 0 Å². The van der Waals surface area contributed by atoms with E-state index in [0.717, 1.165) is 11.8 Å². The lowest BCUT2D eigenvalue weighted by atomic mass is 10.0. The minimum Gasteiger partial charge on any atom is -0.397 e. The van der Waals surface area contributed by atoms with Crippen LogP contribution in [0.15, 0.2) is 29.7 Å². The van der Waals surface area contributed by atoms with Crippen LogP contribution in [0.4, 0.5) is 11.6 Å². The van der Waals surface area contributed by atoms with Gasteiger partial charge in [0.1, 0.15) is 34.8 Å². The summed E-state index contributed by atoms with van der Waals surface area (Å²) >= 11 is 12.0. The smallest absolute Gasteiger partial charge is 0.325 e. The van der Waals surface area contributed by atoms with Gasteiger partial charge in [0.15, 0.2) is 23.0 Å². The number of nitrogen functional groups attached to an aromatic ring is 2. The van der Waals surface area contributed by atoms with E-state index in [1.807, 2.05) is 0 Å². The molecule has 0 aliphatic carbocycles. The molecule has 0 aromatic carbocycles. The maximum absolute atomic E-state index is 12.4. The molecule has 4 aliphatic heterocycles. The summed E-state index contributed by atoms with van der Waals surface area (Å²) in [5.74, 6) is -0.153. The second-order valence-electron chi connectivity index (χ2n) is 11.0. The van der Waals surface area contributed by atoms with Gasteiger partial charge < -0.3 is 44.9 Å². The molecule has 8 heterocycles. The summed E-state index contributed by atoms with van der Waals surface area (Å²) in [4.78, 5) is 54.4. The molecule has 4 saturated heterocycles. The highest BCUT2D eigenvalue weighted by atomic mass is 32.5. The monoisotopic (exact) mass is 733 g/mol. The Morgan fingerprint density at radius 2 is 1.78 bits per heavy atom. The molecule has 46 heavy (non-hydrogen) atoms. The molecular formula is C22H25N9O10P2S3. The van der Waals surface area contributed by atoms with Gasteiger partial charge in [-0.25, -0.2) is 15.0 Å². The number of H-pyrrole nitrogens is 1. The van der Waals surface area contributed by atoms with E-state index < -0.39 is 72.5 Å². The van der Waals surface area contributed by atoms with Crippen molar-refractivity contribution < 1.29 is 42.5 Å². The zero-order valence-electron chi connectivity index (χ0n) is 23.1. The Labute approximate surface area is 272 Å². The van der Waals surface area contributed by atoms with Gasteiger partial charge in [0.25, 0.3) is 5.56 Å². The van der Waals surface area contributed by atoms with Crippen LogP contribution >= 0.6 is 25.2 Å². The van der Waals surface area contributed by atoms with Crippen LogP contribution in [-0.4, -0.2) is 104 Å². The zero-order chi connectivity index (χ0) is 32.2. The SMILES string of the molecule is Nc1nc2c(ncn2[C@@H]2S[C@@H]3COP(O)(=S)O[C@H]4[C@H]5OC[C@]4(COP(O)(=S)O[C@@H]2[C@@H]3O)O[C@H]5n2cnc3c(N)ccnc32)c(=O)[nH]1. The van der Waals surface area contributed by atoms with E-state index in [-0.39, 0.29) is 30.3 Å². The Hall–Kier alpha value is -2.14. The van der Waals surface area contributed by atoms with E-state index in [9.17, 15) is 19.7 Å². The predicted octanol–water partition coefficient (Wildman–Crippen LogP) is -0.379. The Balaban J connectivity index is 1.14. The molecule has 4 aromatic rings. The zero-order valence-corrected chi connectivity index (χ0v) is 27.4. The summed E-state index contributed by atoms with van der Waals surface area (Å²) in [6, 6.07) is 1.62. The van der Waals surface area contributed by atoms with Gasteiger partial charge in [0, 0.05) is 6.20 Å². The second-order valence-corrected chi connectivity index (χ2v) is 17.9. The summed E-state index contributed by atoms with van der Waals surface area (Å²) in [6.45, 7) is -8.96. The van der Waals surface area contributed by atoms with Gasteiger partial charge in [-0.3, -0.25) is 28.0 Å². The van der Waals surface area contributed by atoms with Crippen molar-refractivity contribution in [1.82, 2.24) is 34.1 Å². The van der Waals surface area contributed by atoms with Gasteiger partial charge in [0.05, 0.1) is 49.5 Å². The number of aromatic nitrogens is 7. The number of aromatic amines is 1. The molecule has 4 aliphatic rings. The summed E-state index contributed by atoms with van der Waals surface area (Å²) < 4.78 is 39.2. The first-order chi connectivity index (χ1) is 21.8. The first kappa shape index (κ1) is 31.1. The number of fused-ring (bicyclic) bond motifs is 4. The molecule has 0 saturated carbocycles. The fourth-order valence-electron chi connectivity index (χ4n) is 6.05. The van der Waals surface area contributed by atoms with Gasteiger partial charge in [-0.05, 0) is 29.7 Å². The third kappa shape index (κ3) is 5.03. The van der Waals surface area contributed by atoms with Gasteiger partial charge in [-0.15, -0.1) is 11.8 Å². The Morgan fingerprint density at radius 3 is 2.61 bits per heavy atom. The molecule has 10 atom stereocenters. The van der Waals surface area contributed by atoms with E-state index in [4.69, 9.17) is 62.6 Å². The molecule has 4 fully saturated rings. The standard InChI is InChI=1S/C22H25N9O10P2S3/c23-8-1-2-25-16-10(8)26-6-30(16)19-14-15-22(39-19,4-36-14)5-38-43(35,45)40-13-12(32)9(3-37-42(34,44)41-15)46-20(13)31-7-27-11-17(31)28-21(24)29-18(11)33/h1-2,6-7,9,12-15,19-20,32H,3-5H2,(H2,23,25)(H,34,44)(H,35,45)(H3,24,28,29,33)/t9-,12-,13-,14-,15+,19-,20-,22-,42?,43?/m1/s1. The van der Waals surface area contributed by atoms with Gasteiger partial charge >= 0.3 is 13.4 Å². The third-order valence-corrected chi connectivity index (χ3v) is 12.8. The number of imidazole rings is 2.